The number of carbonyl (C=O) groups excluding carboxylic acids is 3. The van der Waals surface area contributed by atoms with Crippen molar-refractivity contribution in [2.24, 2.45) is 5.92 Å². The van der Waals surface area contributed by atoms with Gasteiger partial charge in [-0.3, -0.25) is 4.79 Å². The molecule has 3 aromatic carbocycles. The SMILES string of the molecule is COC(=O)N[C@H](C(=O)Cc1ccccc1CC[C@@H]1CN[C@H](COC(=O)NC(C2CC2)C(F)(F)F)CO1)C(c1ccccc1)c1ccccc1. The maximum atomic E-state index is 14.1. The van der Waals surface area contributed by atoms with Crippen molar-refractivity contribution in [3.8, 4) is 0 Å². The van der Waals surface area contributed by atoms with Crippen LogP contribution in [-0.4, -0.2) is 75.2 Å². The van der Waals surface area contributed by atoms with Gasteiger partial charge in [0.15, 0.2) is 5.78 Å². The third-order valence-corrected chi connectivity index (χ3v) is 8.98. The zero-order valence-corrected chi connectivity index (χ0v) is 27.3. The topological polar surface area (TPSA) is 115 Å². The number of Topliss-reactive ketones (excluding diaryl/α,β-unsaturated/α-hetero) is 1. The van der Waals surface area contributed by atoms with Crippen LogP contribution in [0.4, 0.5) is 22.8 Å². The molecule has 12 heteroatoms. The number of hydrogen-bond donors (Lipinski definition) is 3. The van der Waals surface area contributed by atoms with E-state index in [4.69, 9.17) is 14.2 Å². The summed E-state index contributed by atoms with van der Waals surface area (Å²) in [5.74, 6) is -1.21. The number of ketones is 1. The Balaban J connectivity index is 1.17. The maximum absolute atomic E-state index is 14.1. The zero-order chi connectivity index (χ0) is 34.8. The molecule has 1 aliphatic carbocycles. The molecule has 1 saturated heterocycles. The predicted molar refractivity (Wildman–Crippen MR) is 176 cm³/mol. The summed E-state index contributed by atoms with van der Waals surface area (Å²) in [5.41, 5.74) is 3.58. The van der Waals surface area contributed by atoms with Gasteiger partial charge in [0.05, 0.1) is 25.9 Å². The monoisotopic (exact) mass is 681 g/mol. The van der Waals surface area contributed by atoms with Crippen LogP contribution in [0.2, 0.25) is 0 Å². The van der Waals surface area contributed by atoms with Crippen LogP contribution in [0.1, 0.15) is 47.4 Å². The lowest BCUT2D eigenvalue weighted by molar-refractivity contribution is -0.159. The van der Waals surface area contributed by atoms with Gasteiger partial charge in [0, 0.05) is 18.9 Å². The molecule has 3 N–H and O–H groups in total. The quantitative estimate of drug-likeness (QED) is 0.200. The predicted octanol–water partition coefficient (Wildman–Crippen LogP) is 5.71. The van der Waals surface area contributed by atoms with Crippen LogP contribution in [0, 0.1) is 5.92 Å². The lowest BCUT2D eigenvalue weighted by Gasteiger charge is -2.30. The average molecular weight is 682 g/mol. The fourth-order valence-corrected chi connectivity index (χ4v) is 6.22. The lowest BCUT2D eigenvalue weighted by atomic mass is 9.81. The highest BCUT2D eigenvalue weighted by Crippen LogP contribution is 2.40. The third-order valence-electron chi connectivity index (χ3n) is 8.98. The van der Waals surface area contributed by atoms with Gasteiger partial charge in [-0.1, -0.05) is 84.9 Å². The molecular weight excluding hydrogens is 639 g/mol. The number of nitrogens with one attached hydrogen (secondary N) is 3. The van der Waals surface area contributed by atoms with Crippen molar-refractivity contribution >= 4 is 18.0 Å². The van der Waals surface area contributed by atoms with Crippen LogP contribution in [-0.2, 0) is 31.8 Å². The molecule has 0 bridgehead atoms. The fraction of sp³-hybridized carbons (Fsp3) is 0.432. The van der Waals surface area contributed by atoms with Gasteiger partial charge in [-0.25, -0.2) is 9.59 Å². The van der Waals surface area contributed by atoms with Crippen molar-refractivity contribution < 1.29 is 41.8 Å². The number of benzene rings is 3. The van der Waals surface area contributed by atoms with Crippen LogP contribution in [0.5, 0.6) is 0 Å². The van der Waals surface area contributed by atoms with E-state index in [1.807, 2.05) is 90.2 Å². The maximum Gasteiger partial charge on any atom is 0.409 e. The van der Waals surface area contributed by atoms with E-state index in [1.54, 1.807) is 0 Å². The molecule has 1 unspecified atom stereocenters. The second-order valence-corrected chi connectivity index (χ2v) is 12.5. The first kappa shape index (κ1) is 35.9. The second-order valence-electron chi connectivity index (χ2n) is 12.5. The Bertz CT molecular complexity index is 1490. The Hall–Kier alpha value is -4.42. The van der Waals surface area contributed by atoms with E-state index in [1.165, 1.54) is 7.11 Å². The van der Waals surface area contributed by atoms with Crippen LogP contribution in [0.3, 0.4) is 0 Å². The van der Waals surface area contributed by atoms with Crippen molar-refractivity contribution in [2.75, 3.05) is 26.9 Å². The Kier molecular flexibility index (Phi) is 12.3. The molecule has 1 aliphatic heterocycles. The van der Waals surface area contributed by atoms with Gasteiger partial charge >= 0.3 is 18.4 Å². The second kappa shape index (κ2) is 16.8. The van der Waals surface area contributed by atoms with E-state index in [9.17, 15) is 27.6 Å². The summed E-state index contributed by atoms with van der Waals surface area (Å²) in [6.07, 6.45) is -4.25. The summed E-state index contributed by atoms with van der Waals surface area (Å²) in [6.45, 7) is 0.571. The molecule has 0 aromatic heterocycles. The number of amides is 2. The molecule has 2 fully saturated rings. The number of aryl methyl sites for hydroxylation is 1. The Labute approximate surface area is 283 Å². The Morgan fingerprint density at radius 1 is 0.878 bits per heavy atom. The normalized spacial score (nSPS) is 19.0. The molecule has 2 amide bonds. The average Bonchev–Trinajstić information content (AvgIpc) is 3.95. The zero-order valence-electron chi connectivity index (χ0n) is 27.3. The molecule has 2 aliphatic rings. The molecule has 0 spiro atoms. The molecule has 1 heterocycles. The minimum atomic E-state index is -4.51. The van der Waals surface area contributed by atoms with E-state index in [2.05, 4.69) is 10.6 Å². The van der Waals surface area contributed by atoms with E-state index in [0.29, 0.717) is 32.2 Å². The van der Waals surface area contributed by atoms with Crippen LogP contribution in [0.15, 0.2) is 84.9 Å². The highest BCUT2D eigenvalue weighted by Gasteiger charge is 2.50. The summed E-state index contributed by atoms with van der Waals surface area (Å²) < 4.78 is 55.6. The Morgan fingerprint density at radius 3 is 2.04 bits per heavy atom. The molecule has 3 aromatic rings. The van der Waals surface area contributed by atoms with Gasteiger partial charge in [-0.15, -0.1) is 0 Å². The number of halogens is 3. The summed E-state index contributed by atoms with van der Waals surface area (Å²) in [4.78, 5) is 38.7. The van der Waals surface area contributed by atoms with Gasteiger partial charge in [0.2, 0.25) is 0 Å². The van der Waals surface area contributed by atoms with Gasteiger partial charge in [0.25, 0.3) is 0 Å². The van der Waals surface area contributed by atoms with E-state index in [0.717, 1.165) is 22.3 Å². The summed E-state index contributed by atoms with van der Waals surface area (Å²) in [7, 11) is 1.27. The number of ether oxygens (including phenoxy) is 3. The third kappa shape index (κ3) is 10.3. The number of hydrogen-bond acceptors (Lipinski definition) is 7. The standard InChI is InChI=1S/C37H42F3N3O6/c1-47-35(45)42-33(32(25-11-4-2-5-12-25)26-13-6-3-7-14-26)31(44)20-28-15-9-8-10-24(28)18-19-30-21-41-29(22-48-30)23-49-36(46)43-34(27-16-17-27)37(38,39)40/h2-15,27,29-30,32-34,41H,16-23H2,1H3,(H,42,45)(H,43,46)/t29-,30+,33+,34?/m0/s1. The lowest BCUT2D eigenvalue weighted by Crippen LogP contribution is -2.51. The smallest absolute Gasteiger partial charge is 0.409 e. The first-order chi connectivity index (χ1) is 23.6. The van der Waals surface area contributed by atoms with Crippen LogP contribution in [0.25, 0.3) is 0 Å². The highest BCUT2D eigenvalue weighted by molar-refractivity contribution is 5.91. The highest BCUT2D eigenvalue weighted by atomic mass is 19.4. The molecule has 5 rings (SSSR count). The first-order valence-electron chi connectivity index (χ1n) is 16.5. The number of methoxy groups -OCH3 is 1. The molecule has 262 valence electrons. The van der Waals surface area contributed by atoms with Gasteiger partial charge < -0.3 is 30.2 Å². The number of carbonyl (C=O) groups is 3. The van der Waals surface area contributed by atoms with E-state index < -0.39 is 42.3 Å². The minimum Gasteiger partial charge on any atom is -0.453 e. The van der Waals surface area contributed by atoms with Crippen molar-refractivity contribution in [2.45, 2.75) is 68.4 Å². The van der Waals surface area contributed by atoms with Crippen molar-refractivity contribution in [1.82, 2.24) is 16.0 Å². The molecule has 0 radical (unpaired) electrons. The van der Waals surface area contributed by atoms with Gasteiger partial charge in [0.1, 0.15) is 18.7 Å². The van der Waals surface area contributed by atoms with Gasteiger partial charge in [-0.05, 0) is 53.9 Å². The number of alkyl halides is 3. The minimum absolute atomic E-state index is 0.0855. The number of rotatable bonds is 14. The van der Waals surface area contributed by atoms with E-state index in [-0.39, 0.29) is 37.6 Å². The molecule has 9 nitrogen and oxygen atoms in total. The van der Waals surface area contributed by atoms with Crippen molar-refractivity contribution in [3.63, 3.8) is 0 Å². The van der Waals surface area contributed by atoms with Gasteiger partial charge in [-0.2, -0.15) is 13.2 Å². The first-order valence-corrected chi connectivity index (χ1v) is 16.5. The molecular formula is C37H42F3N3O6. The van der Waals surface area contributed by atoms with E-state index >= 15 is 0 Å². The molecule has 4 atom stereocenters. The Morgan fingerprint density at radius 2 is 1.49 bits per heavy atom. The van der Waals surface area contributed by atoms with Crippen molar-refractivity contribution in [1.29, 1.82) is 0 Å². The summed E-state index contributed by atoms with van der Waals surface area (Å²) >= 11 is 0. The summed E-state index contributed by atoms with van der Waals surface area (Å²) in [5, 5.41) is 8.02. The number of morpholine rings is 1. The molecule has 1 saturated carbocycles. The van der Waals surface area contributed by atoms with Crippen LogP contribution < -0.4 is 16.0 Å². The molecule has 49 heavy (non-hydrogen) atoms. The van der Waals surface area contributed by atoms with Crippen LogP contribution >= 0.6 is 0 Å². The fourth-order valence-electron chi connectivity index (χ4n) is 6.22. The van der Waals surface area contributed by atoms with Crippen molar-refractivity contribution in [3.05, 3.63) is 107 Å². The number of alkyl carbamates (subject to hydrolysis) is 2. The largest absolute Gasteiger partial charge is 0.453 e. The summed E-state index contributed by atoms with van der Waals surface area (Å²) in [6, 6.07) is 23.7.